The van der Waals surface area contributed by atoms with Gasteiger partial charge in [-0.1, -0.05) is 0 Å². The number of nitrogens with zero attached hydrogens (tertiary/aromatic N) is 3. The average Bonchev–Trinajstić information content (AvgIpc) is 2.59. The van der Waals surface area contributed by atoms with Crippen molar-refractivity contribution in [3.63, 3.8) is 0 Å². The van der Waals surface area contributed by atoms with Gasteiger partial charge in [-0.2, -0.15) is 5.26 Å². The molecule has 0 aliphatic carbocycles. The van der Waals surface area contributed by atoms with Crippen molar-refractivity contribution in [2.75, 3.05) is 37.7 Å². The van der Waals surface area contributed by atoms with Crippen LogP contribution in [0.4, 0.5) is 10.5 Å². The van der Waals surface area contributed by atoms with E-state index in [0.717, 1.165) is 30.1 Å². The zero-order valence-electron chi connectivity index (χ0n) is 14.9. The van der Waals surface area contributed by atoms with Crippen molar-refractivity contribution in [3.8, 4) is 11.8 Å². The summed E-state index contributed by atoms with van der Waals surface area (Å²) in [7, 11) is 0. The minimum atomic E-state index is -0.472. The average molecular weight is 341 g/mol. The van der Waals surface area contributed by atoms with Gasteiger partial charge in [0, 0.05) is 43.5 Å². The van der Waals surface area contributed by atoms with Gasteiger partial charge in [-0.15, -0.1) is 0 Å². The van der Waals surface area contributed by atoms with Crippen molar-refractivity contribution >= 4 is 17.9 Å². The molecule has 1 fully saturated rings. The summed E-state index contributed by atoms with van der Waals surface area (Å²) in [6.45, 7) is 8.70. The standard InChI is InChI=1S/C19H23N3O3/c1-19(2,3)25-18(23)22-8-6-21(7-9-22)16-5-4-15-10-14(12-20)13-24-17(15)11-16/h4-5,10-11H,6-9,13H2,1-3H3. The zero-order chi connectivity index (χ0) is 18.0. The Labute approximate surface area is 148 Å². The van der Waals surface area contributed by atoms with Crippen LogP contribution in [-0.2, 0) is 4.74 Å². The van der Waals surface area contributed by atoms with Crippen molar-refractivity contribution in [1.29, 1.82) is 5.26 Å². The topological polar surface area (TPSA) is 65.8 Å². The first-order valence-electron chi connectivity index (χ1n) is 8.46. The molecule has 25 heavy (non-hydrogen) atoms. The fraction of sp³-hybridized carbons (Fsp3) is 0.474. The molecule has 3 rings (SSSR count). The molecule has 2 aliphatic rings. The van der Waals surface area contributed by atoms with Gasteiger partial charge in [0.15, 0.2) is 0 Å². The molecule has 0 N–H and O–H groups in total. The molecular weight excluding hydrogens is 318 g/mol. The molecule has 0 atom stereocenters. The second-order valence-electron chi connectivity index (χ2n) is 7.25. The van der Waals surface area contributed by atoms with E-state index < -0.39 is 5.60 Å². The summed E-state index contributed by atoms with van der Waals surface area (Å²) >= 11 is 0. The third kappa shape index (κ3) is 4.05. The van der Waals surface area contributed by atoms with Gasteiger partial charge in [0.05, 0.1) is 11.6 Å². The van der Waals surface area contributed by atoms with Crippen molar-refractivity contribution in [3.05, 3.63) is 29.3 Å². The lowest BCUT2D eigenvalue weighted by Gasteiger charge is -2.37. The summed E-state index contributed by atoms with van der Waals surface area (Å²) in [6.07, 6.45) is 1.61. The fourth-order valence-corrected chi connectivity index (χ4v) is 2.89. The Bertz CT molecular complexity index is 735. The summed E-state index contributed by atoms with van der Waals surface area (Å²) in [5.41, 5.74) is 2.15. The number of rotatable bonds is 1. The maximum absolute atomic E-state index is 12.1. The molecule has 2 aliphatic heterocycles. The molecular formula is C19H23N3O3. The van der Waals surface area contributed by atoms with Crippen molar-refractivity contribution in [2.45, 2.75) is 26.4 Å². The lowest BCUT2D eigenvalue weighted by Crippen LogP contribution is -2.50. The maximum atomic E-state index is 12.1. The van der Waals surface area contributed by atoms with E-state index in [1.165, 1.54) is 0 Å². The summed E-state index contributed by atoms with van der Waals surface area (Å²) in [5.74, 6) is 0.797. The molecule has 1 aromatic rings. The highest BCUT2D eigenvalue weighted by Gasteiger charge is 2.26. The number of ether oxygens (including phenoxy) is 2. The number of benzene rings is 1. The van der Waals surface area contributed by atoms with Gasteiger partial charge in [0.1, 0.15) is 18.0 Å². The first-order chi connectivity index (χ1) is 11.9. The van der Waals surface area contributed by atoms with Crippen LogP contribution >= 0.6 is 0 Å². The summed E-state index contributed by atoms with van der Waals surface area (Å²) in [6, 6.07) is 8.14. The molecule has 0 unspecified atom stereocenters. The van der Waals surface area contributed by atoms with Crippen LogP contribution < -0.4 is 9.64 Å². The normalized spacial score (nSPS) is 17.1. The van der Waals surface area contributed by atoms with E-state index in [9.17, 15) is 4.79 Å². The lowest BCUT2D eigenvalue weighted by molar-refractivity contribution is 0.0240. The zero-order valence-corrected chi connectivity index (χ0v) is 14.9. The summed E-state index contributed by atoms with van der Waals surface area (Å²) in [5, 5.41) is 8.97. The van der Waals surface area contributed by atoms with Crippen LogP contribution in [0.5, 0.6) is 5.75 Å². The third-order valence-corrected chi connectivity index (χ3v) is 4.15. The largest absolute Gasteiger partial charge is 0.487 e. The highest BCUT2D eigenvalue weighted by molar-refractivity contribution is 5.70. The molecule has 1 amide bonds. The first kappa shape index (κ1) is 17.2. The Morgan fingerprint density at radius 2 is 1.96 bits per heavy atom. The highest BCUT2D eigenvalue weighted by atomic mass is 16.6. The Morgan fingerprint density at radius 3 is 2.60 bits per heavy atom. The van der Waals surface area contributed by atoms with Crippen LogP contribution in [0.25, 0.3) is 6.08 Å². The fourth-order valence-electron chi connectivity index (χ4n) is 2.89. The molecule has 6 nitrogen and oxygen atoms in total. The minimum absolute atomic E-state index is 0.255. The molecule has 1 saturated heterocycles. The molecule has 1 aromatic carbocycles. The van der Waals surface area contributed by atoms with E-state index >= 15 is 0 Å². The van der Waals surface area contributed by atoms with Gasteiger partial charge in [0.25, 0.3) is 0 Å². The number of nitriles is 1. The maximum Gasteiger partial charge on any atom is 0.410 e. The van der Waals surface area contributed by atoms with Gasteiger partial charge in [0.2, 0.25) is 0 Å². The predicted octanol–water partition coefficient (Wildman–Crippen LogP) is 3.04. The Kier molecular flexibility index (Phi) is 4.58. The smallest absolute Gasteiger partial charge is 0.410 e. The van der Waals surface area contributed by atoms with Crippen LogP contribution in [0.2, 0.25) is 0 Å². The number of piperazine rings is 1. The van der Waals surface area contributed by atoms with Crippen molar-refractivity contribution < 1.29 is 14.3 Å². The Hall–Kier alpha value is -2.68. The second-order valence-corrected chi connectivity index (χ2v) is 7.25. The van der Waals surface area contributed by atoms with E-state index in [1.807, 2.05) is 45.0 Å². The van der Waals surface area contributed by atoms with Crippen LogP contribution in [0, 0.1) is 11.3 Å². The van der Waals surface area contributed by atoms with E-state index in [0.29, 0.717) is 25.3 Å². The highest BCUT2D eigenvalue weighted by Crippen LogP contribution is 2.31. The number of amides is 1. The Balaban J connectivity index is 1.63. The molecule has 132 valence electrons. The molecule has 6 heteroatoms. The van der Waals surface area contributed by atoms with Crippen LogP contribution in [0.1, 0.15) is 26.3 Å². The molecule has 0 spiro atoms. The summed E-state index contributed by atoms with van der Waals surface area (Å²) in [4.78, 5) is 16.1. The van der Waals surface area contributed by atoms with E-state index in [1.54, 1.807) is 4.90 Å². The van der Waals surface area contributed by atoms with Crippen LogP contribution in [0.3, 0.4) is 0 Å². The number of hydrogen-bond donors (Lipinski definition) is 0. The van der Waals surface area contributed by atoms with Crippen molar-refractivity contribution in [2.24, 2.45) is 0 Å². The molecule has 0 radical (unpaired) electrons. The van der Waals surface area contributed by atoms with Crippen molar-refractivity contribution in [1.82, 2.24) is 4.90 Å². The quantitative estimate of drug-likeness (QED) is 0.785. The molecule has 0 aromatic heterocycles. The predicted molar refractivity (Wildman–Crippen MR) is 95.5 cm³/mol. The first-order valence-corrected chi connectivity index (χ1v) is 8.46. The summed E-state index contributed by atoms with van der Waals surface area (Å²) < 4.78 is 11.1. The van der Waals surface area contributed by atoms with E-state index in [2.05, 4.69) is 11.0 Å². The number of carbonyl (C=O) groups excluding carboxylic acids is 1. The number of fused-ring (bicyclic) bond motifs is 1. The molecule has 0 bridgehead atoms. The molecule has 0 saturated carbocycles. The Morgan fingerprint density at radius 1 is 1.24 bits per heavy atom. The minimum Gasteiger partial charge on any atom is -0.487 e. The SMILES string of the molecule is CC(C)(C)OC(=O)N1CCN(c2ccc3c(c2)OCC(C#N)=C3)CC1. The third-order valence-electron chi connectivity index (χ3n) is 4.15. The van der Waals surface area contributed by atoms with Gasteiger partial charge in [-0.3, -0.25) is 0 Å². The number of anilines is 1. The van der Waals surface area contributed by atoms with E-state index in [-0.39, 0.29) is 6.09 Å². The number of hydrogen-bond acceptors (Lipinski definition) is 5. The van der Waals surface area contributed by atoms with Gasteiger partial charge < -0.3 is 19.3 Å². The van der Waals surface area contributed by atoms with Gasteiger partial charge >= 0.3 is 6.09 Å². The second kappa shape index (κ2) is 6.67. The monoisotopic (exact) mass is 341 g/mol. The van der Waals surface area contributed by atoms with E-state index in [4.69, 9.17) is 14.7 Å². The van der Waals surface area contributed by atoms with Crippen LogP contribution in [-0.4, -0.2) is 49.4 Å². The van der Waals surface area contributed by atoms with Gasteiger partial charge in [-0.25, -0.2) is 4.79 Å². The lowest BCUT2D eigenvalue weighted by atomic mass is 10.1. The number of carbonyl (C=O) groups is 1. The van der Waals surface area contributed by atoms with Gasteiger partial charge in [-0.05, 0) is 39.0 Å². The van der Waals surface area contributed by atoms with Crippen LogP contribution in [0.15, 0.2) is 23.8 Å². The molecule has 2 heterocycles.